The largest absolute Gasteiger partial charge is 0.492 e. The first kappa shape index (κ1) is 16.3. The first-order valence-corrected chi connectivity index (χ1v) is 8.48. The highest BCUT2D eigenvalue weighted by molar-refractivity contribution is 5.86. The summed E-state index contributed by atoms with van der Waals surface area (Å²) in [7, 11) is 5.80. The van der Waals surface area contributed by atoms with Gasteiger partial charge in [0.05, 0.1) is 12.8 Å². The quantitative estimate of drug-likeness (QED) is 0.888. The lowest BCUT2D eigenvalue weighted by molar-refractivity contribution is 0.348. The van der Waals surface area contributed by atoms with E-state index in [9.17, 15) is 0 Å². The molecule has 0 spiro atoms. The van der Waals surface area contributed by atoms with Crippen LogP contribution in [0, 0.1) is 5.92 Å². The van der Waals surface area contributed by atoms with Crippen molar-refractivity contribution in [2.45, 2.75) is 32.2 Å². The van der Waals surface area contributed by atoms with Gasteiger partial charge in [0.15, 0.2) is 5.75 Å². The van der Waals surface area contributed by atoms with E-state index in [1.165, 1.54) is 19.3 Å². The standard InChI is InChI=1S/C18H27N3O2/c1-21(2)12-14-5-6-15-16(20-23-18(15)17(14)22-3)7-4-13-8-10-19-11-9-13/h5-6,13,19H,4,7-12H2,1-3H3. The Balaban J connectivity index is 1.79. The molecule has 2 heterocycles. The van der Waals surface area contributed by atoms with Crippen LogP contribution < -0.4 is 10.1 Å². The third kappa shape index (κ3) is 3.67. The number of rotatable bonds is 6. The molecular formula is C18H27N3O2. The molecule has 0 radical (unpaired) electrons. The fourth-order valence-electron chi connectivity index (χ4n) is 3.45. The molecule has 0 saturated carbocycles. The van der Waals surface area contributed by atoms with Gasteiger partial charge in [0.25, 0.3) is 0 Å². The molecule has 0 aliphatic carbocycles. The maximum atomic E-state index is 5.63. The number of methoxy groups -OCH3 is 1. The minimum Gasteiger partial charge on any atom is -0.492 e. The molecule has 0 unspecified atom stereocenters. The molecule has 126 valence electrons. The average Bonchev–Trinajstić information content (AvgIpc) is 2.96. The smallest absolute Gasteiger partial charge is 0.209 e. The Hall–Kier alpha value is -1.59. The fraction of sp³-hybridized carbons (Fsp3) is 0.611. The van der Waals surface area contributed by atoms with Crippen molar-refractivity contribution in [1.82, 2.24) is 15.4 Å². The molecule has 1 saturated heterocycles. The predicted molar refractivity (Wildman–Crippen MR) is 91.9 cm³/mol. The summed E-state index contributed by atoms with van der Waals surface area (Å²) in [6.45, 7) is 3.11. The molecule has 1 aromatic carbocycles. The van der Waals surface area contributed by atoms with Crippen LogP contribution in [0.1, 0.15) is 30.5 Å². The maximum absolute atomic E-state index is 5.63. The summed E-state index contributed by atoms with van der Waals surface area (Å²) in [5, 5.41) is 8.84. The van der Waals surface area contributed by atoms with Gasteiger partial charge in [-0.15, -0.1) is 0 Å². The van der Waals surface area contributed by atoms with Gasteiger partial charge in [-0.25, -0.2) is 0 Å². The Morgan fingerprint density at radius 2 is 2.09 bits per heavy atom. The zero-order chi connectivity index (χ0) is 16.2. The van der Waals surface area contributed by atoms with E-state index >= 15 is 0 Å². The van der Waals surface area contributed by atoms with Crippen molar-refractivity contribution >= 4 is 11.0 Å². The topological polar surface area (TPSA) is 50.5 Å². The van der Waals surface area contributed by atoms with Crippen molar-refractivity contribution in [3.8, 4) is 5.75 Å². The van der Waals surface area contributed by atoms with E-state index < -0.39 is 0 Å². The lowest BCUT2D eigenvalue weighted by Gasteiger charge is -2.21. The second kappa shape index (κ2) is 7.32. The van der Waals surface area contributed by atoms with E-state index in [1.807, 2.05) is 0 Å². The Labute approximate surface area is 138 Å². The second-order valence-corrected chi connectivity index (χ2v) is 6.73. The maximum Gasteiger partial charge on any atom is 0.209 e. The van der Waals surface area contributed by atoms with Crippen molar-refractivity contribution in [3.63, 3.8) is 0 Å². The van der Waals surface area contributed by atoms with E-state index in [2.05, 4.69) is 41.6 Å². The van der Waals surface area contributed by atoms with Crippen LogP contribution in [-0.2, 0) is 13.0 Å². The Kier molecular flexibility index (Phi) is 5.18. The van der Waals surface area contributed by atoms with Gasteiger partial charge in [-0.05, 0) is 64.9 Å². The van der Waals surface area contributed by atoms with Crippen molar-refractivity contribution < 1.29 is 9.26 Å². The zero-order valence-corrected chi connectivity index (χ0v) is 14.4. The van der Waals surface area contributed by atoms with E-state index in [1.54, 1.807) is 7.11 Å². The van der Waals surface area contributed by atoms with Crippen LogP contribution in [0.3, 0.4) is 0 Å². The fourth-order valence-corrected chi connectivity index (χ4v) is 3.45. The van der Waals surface area contributed by atoms with Gasteiger partial charge >= 0.3 is 0 Å². The zero-order valence-electron chi connectivity index (χ0n) is 14.4. The number of fused-ring (bicyclic) bond motifs is 1. The summed E-state index contributed by atoms with van der Waals surface area (Å²) in [5.41, 5.74) is 2.98. The summed E-state index contributed by atoms with van der Waals surface area (Å²) >= 11 is 0. The Morgan fingerprint density at radius 3 is 2.78 bits per heavy atom. The molecule has 1 aromatic heterocycles. The van der Waals surface area contributed by atoms with Gasteiger partial charge in [-0.1, -0.05) is 11.2 Å². The normalized spacial score (nSPS) is 16.3. The minimum absolute atomic E-state index is 0.784. The van der Waals surface area contributed by atoms with Gasteiger partial charge in [0.2, 0.25) is 5.58 Å². The number of hydrogen-bond donors (Lipinski definition) is 1. The molecule has 0 amide bonds. The predicted octanol–water partition coefficient (Wildman–Crippen LogP) is 2.83. The van der Waals surface area contributed by atoms with Crippen molar-refractivity contribution in [3.05, 3.63) is 23.4 Å². The van der Waals surface area contributed by atoms with Gasteiger partial charge in [-0.3, -0.25) is 0 Å². The molecule has 2 aromatic rings. The van der Waals surface area contributed by atoms with E-state index in [-0.39, 0.29) is 0 Å². The molecule has 1 fully saturated rings. The molecule has 5 heteroatoms. The number of hydrogen-bond acceptors (Lipinski definition) is 5. The highest BCUT2D eigenvalue weighted by atomic mass is 16.5. The van der Waals surface area contributed by atoms with E-state index in [0.29, 0.717) is 0 Å². The number of benzene rings is 1. The summed E-state index contributed by atoms with van der Waals surface area (Å²) in [6.07, 6.45) is 4.71. The van der Waals surface area contributed by atoms with Crippen LogP contribution in [0.25, 0.3) is 11.0 Å². The number of nitrogens with zero attached hydrogens (tertiary/aromatic N) is 2. The van der Waals surface area contributed by atoms with Crippen molar-refractivity contribution in [2.24, 2.45) is 5.92 Å². The first-order chi connectivity index (χ1) is 11.2. The average molecular weight is 317 g/mol. The third-order valence-electron chi connectivity index (χ3n) is 4.69. The van der Waals surface area contributed by atoms with Crippen molar-refractivity contribution in [1.29, 1.82) is 0 Å². The van der Waals surface area contributed by atoms with Gasteiger partial charge < -0.3 is 19.5 Å². The lowest BCUT2D eigenvalue weighted by Crippen LogP contribution is -2.27. The summed E-state index contributed by atoms with van der Waals surface area (Å²) < 4.78 is 11.2. The molecule has 0 bridgehead atoms. The second-order valence-electron chi connectivity index (χ2n) is 6.73. The van der Waals surface area contributed by atoms with E-state index in [4.69, 9.17) is 9.26 Å². The highest BCUT2D eigenvalue weighted by Crippen LogP contribution is 2.33. The Bertz CT molecular complexity index is 645. The molecule has 1 N–H and O–H groups in total. The van der Waals surface area contributed by atoms with Gasteiger partial charge in [-0.2, -0.15) is 0 Å². The monoisotopic (exact) mass is 317 g/mol. The van der Waals surface area contributed by atoms with Crippen LogP contribution in [0.5, 0.6) is 5.75 Å². The number of piperidine rings is 1. The number of ether oxygens (including phenoxy) is 1. The van der Waals surface area contributed by atoms with Crippen LogP contribution in [-0.4, -0.2) is 44.4 Å². The molecule has 0 atom stereocenters. The summed E-state index contributed by atoms with van der Waals surface area (Å²) in [5.74, 6) is 1.62. The highest BCUT2D eigenvalue weighted by Gasteiger charge is 2.19. The van der Waals surface area contributed by atoms with Crippen LogP contribution in [0.15, 0.2) is 16.7 Å². The molecular weight excluding hydrogens is 290 g/mol. The first-order valence-electron chi connectivity index (χ1n) is 8.48. The summed E-state index contributed by atoms with van der Waals surface area (Å²) in [6, 6.07) is 4.26. The Morgan fingerprint density at radius 1 is 1.30 bits per heavy atom. The molecule has 1 aliphatic heterocycles. The van der Waals surface area contributed by atoms with Gasteiger partial charge in [0, 0.05) is 17.5 Å². The lowest BCUT2D eigenvalue weighted by atomic mass is 9.92. The number of nitrogens with one attached hydrogen (secondary N) is 1. The number of aromatic nitrogens is 1. The van der Waals surface area contributed by atoms with E-state index in [0.717, 1.165) is 59.9 Å². The molecule has 5 nitrogen and oxygen atoms in total. The van der Waals surface area contributed by atoms with Crippen molar-refractivity contribution in [2.75, 3.05) is 34.3 Å². The minimum atomic E-state index is 0.784. The van der Waals surface area contributed by atoms with Gasteiger partial charge in [0.1, 0.15) is 0 Å². The summed E-state index contributed by atoms with van der Waals surface area (Å²) in [4.78, 5) is 2.12. The van der Waals surface area contributed by atoms with Crippen LogP contribution >= 0.6 is 0 Å². The third-order valence-corrected chi connectivity index (χ3v) is 4.69. The molecule has 1 aliphatic rings. The molecule has 3 rings (SSSR count). The SMILES string of the molecule is COc1c(CN(C)C)ccc2c(CCC3CCNCC3)noc12. The molecule has 23 heavy (non-hydrogen) atoms. The van der Waals surface area contributed by atoms with Crippen LogP contribution in [0.2, 0.25) is 0 Å². The van der Waals surface area contributed by atoms with Crippen LogP contribution in [0.4, 0.5) is 0 Å². The number of aryl methyl sites for hydroxylation is 1.